The Kier molecular flexibility index (Phi) is 5.12. The van der Waals surface area contributed by atoms with Gasteiger partial charge in [-0.3, -0.25) is 4.79 Å². The summed E-state index contributed by atoms with van der Waals surface area (Å²) in [6.07, 6.45) is 6.05. The number of aliphatic carboxylic acids is 1. The zero-order chi connectivity index (χ0) is 18.5. The minimum absolute atomic E-state index is 0.0855. The summed E-state index contributed by atoms with van der Waals surface area (Å²) in [4.78, 5) is 31.0. The van der Waals surface area contributed by atoms with Gasteiger partial charge in [-0.15, -0.1) is 0 Å². The van der Waals surface area contributed by atoms with E-state index in [1.165, 1.54) is 0 Å². The van der Waals surface area contributed by atoms with Gasteiger partial charge in [0, 0.05) is 29.8 Å². The van der Waals surface area contributed by atoms with Gasteiger partial charge in [-0.1, -0.05) is 37.3 Å². The summed E-state index contributed by atoms with van der Waals surface area (Å²) in [7, 11) is 0. The number of anilines is 1. The van der Waals surface area contributed by atoms with Crippen LogP contribution in [0.2, 0.25) is 0 Å². The van der Waals surface area contributed by atoms with E-state index in [1.807, 2.05) is 13.0 Å². The number of fused-ring (bicyclic) bond motifs is 1. The number of benzene rings is 1. The highest BCUT2D eigenvalue weighted by atomic mass is 16.4. The molecule has 3 rings (SSSR count). The average Bonchev–Trinajstić information content (AvgIpc) is 3.04. The van der Waals surface area contributed by atoms with E-state index in [0.29, 0.717) is 34.3 Å². The molecule has 0 aliphatic carbocycles. The maximum absolute atomic E-state index is 12.0. The number of aromatic amines is 1. The van der Waals surface area contributed by atoms with Gasteiger partial charge < -0.3 is 15.4 Å². The molecule has 0 atom stereocenters. The van der Waals surface area contributed by atoms with Crippen LogP contribution in [0.3, 0.4) is 0 Å². The molecule has 0 bridgehead atoms. The van der Waals surface area contributed by atoms with Gasteiger partial charge in [-0.2, -0.15) is 0 Å². The number of carboxylic acids is 1. The molecule has 1 amide bonds. The van der Waals surface area contributed by atoms with Crippen molar-refractivity contribution >= 4 is 40.2 Å². The van der Waals surface area contributed by atoms with Crippen LogP contribution in [0.1, 0.15) is 30.9 Å². The zero-order valence-electron chi connectivity index (χ0n) is 14.3. The second-order valence-corrected chi connectivity index (χ2v) is 5.85. The maximum Gasteiger partial charge on any atom is 0.336 e. The standard InChI is InChI=1S/C20H19N3O3/c1-2-6-17(24)23-16-9-10-21-19-18(16)14(12-22-19)11-15(20(25)26)13-7-4-3-5-8-13/h3-5,7-12H,2,6H2,1H3,(H,25,26)(H2,21,22,23,24)/b15-11+. The molecule has 3 N–H and O–H groups in total. The first-order chi connectivity index (χ1) is 12.6. The molecule has 2 aromatic heterocycles. The smallest absolute Gasteiger partial charge is 0.336 e. The molecule has 0 aliphatic heterocycles. The SMILES string of the molecule is CCCC(=O)Nc1ccnc2[nH]cc(/C=C(/C(=O)O)c3ccccc3)c12. The number of aromatic nitrogens is 2. The quantitative estimate of drug-likeness (QED) is 0.588. The van der Waals surface area contributed by atoms with Crippen LogP contribution in [0.15, 0.2) is 48.8 Å². The Morgan fingerprint density at radius 3 is 2.69 bits per heavy atom. The minimum atomic E-state index is -1.02. The Morgan fingerprint density at radius 2 is 2.00 bits per heavy atom. The van der Waals surface area contributed by atoms with Crippen LogP contribution in [-0.4, -0.2) is 27.0 Å². The fourth-order valence-corrected chi connectivity index (χ4v) is 2.78. The van der Waals surface area contributed by atoms with Gasteiger partial charge in [0.2, 0.25) is 5.91 Å². The number of amides is 1. The molecule has 1 aromatic carbocycles. The highest BCUT2D eigenvalue weighted by molar-refractivity contribution is 6.22. The van der Waals surface area contributed by atoms with Crippen molar-refractivity contribution in [2.75, 3.05) is 5.32 Å². The van der Waals surface area contributed by atoms with Crippen LogP contribution in [0.4, 0.5) is 5.69 Å². The van der Waals surface area contributed by atoms with Crippen molar-refractivity contribution in [2.45, 2.75) is 19.8 Å². The molecular formula is C20H19N3O3. The van der Waals surface area contributed by atoms with E-state index in [-0.39, 0.29) is 11.5 Å². The number of hydrogen-bond acceptors (Lipinski definition) is 3. The molecule has 0 radical (unpaired) electrons. The van der Waals surface area contributed by atoms with Crippen LogP contribution in [0.25, 0.3) is 22.7 Å². The van der Waals surface area contributed by atoms with Gasteiger partial charge in [0.25, 0.3) is 0 Å². The van der Waals surface area contributed by atoms with Gasteiger partial charge in [-0.25, -0.2) is 9.78 Å². The summed E-state index contributed by atoms with van der Waals surface area (Å²) in [5, 5.41) is 13.2. The highest BCUT2D eigenvalue weighted by Crippen LogP contribution is 2.29. The van der Waals surface area contributed by atoms with Crippen LogP contribution in [0, 0.1) is 0 Å². The number of carbonyl (C=O) groups is 2. The lowest BCUT2D eigenvalue weighted by Crippen LogP contribution is -2.11. The van der Waals surface area contributed by atoms with Crippen molar-refractivity contribution in [1.82, 2.24) is 9.97 Å². The number of nitrogens with one attached hydrogen (secondary N) is 2. The number of nitrogens with zero attached hydrogens (tertiary/aromatic N) is 1. The second kappa shape index (κ2) is 7.65. The lowest BCUT2D eigenvalue weighted by atomic mass is 10.0. The van der Waals surface area contributed by atoms with Gasteiger partial charge >= 0.3 is 5.97 Å². The van der Waals surface area contributed by atoms with Crippen molar-refractivity contribution in [3.63, 3.8) is 0 Å². The van der Waals surface area contributed by atoms with Crippen molar-refractivity contribution in [3.05, 3.63) is 59.9 Å². The van der Waals surface area contributed by atoms with Crippen molar-refractivity contribution in [3.8, 4) is 0 Å². The van der Waals surface area contributed by atoms with Crippen molar-refractivity contribution < 1.29 is 14.7 Å². The molecule has 3 aromatic rings. The fraction of sp³-hybridized carbons (Fsp3) is 0.150. The summed E-state index contributed by atoms with van der Waals surface area (Å²) in [5.41, 5.74) is 2.62. The first-order valence-corrected chi connectivity index (χ1v) is 8.36. The van der Waals surface area contributed by atoms with Crippen LogP contribution in [0.5, 0.6) is 0 Å². The lowest BCUT2D eigenvalue weighted by Gasteiger charge is -2.07. The summed E-state index contributed by atoms with van der Waals surface area (Å²) in [5.74, 6) is -1.11. The molecule has 0 saturated heterocycles. The van der Waals surface area contributed by atoms with E-state index in [9.17, 15) is 14.7 Å². The zero-order valence-corrected chi connectivity index (χ0v) is 14.3. The number of H-pyrrole nitrogens is 1. The molecule has 0 aliphatic rings. The molecule has 0 saturated carbocycles. The predicted octanol–water partition coefficient (Wildman–Crippen LogP) is 3.93. The van der Waals surface area contributed by atoms with Gasteiger partial charge in [-0.05, 0) is 24.1 Å². The second-order valence-electron chi connectivity index (χ2n) is 5.85. The predicted molar refractivity (Wildman–Crippen MR) is 102 cm³/mol. The van der Waals surface area contributed by atoms with E-state index in [2.05, 4.69) is 15.3 Å². The number of carboxylic acid groups (broad SMARTS) is 1. The summed E-state index contributed by atoms with van der Waals surface area (Å²) >= 11 is 0. The lowest BCUT2D eigenvalue weighted by molar-refractivity contribution is -0.130. The minimum Gasteiger partial charge on any atom is -0.478 e. The number of pyridine rings is 1. The van der Waals surface area contributed by atoms with Crippen molar-refractivity contribution in [1.29, 1.82) is 0 Å². The summed E-state index contributed by atoms with van der Waals surface area (Å²) < 4.78 is 0. The third kappa shape index (κ3) is 3.64. The Balaban J connectivity index is 2.10. The van der Waals surface area contributed by atoms with E-state index < -0.39 is 5.97 Å². The van der Waals surface area contributed by atoms with E-state index in [1.54, 1.807) is 48.8 Å². The molecule has 6 nitrogen and oxygen atoms in total. The Hall–Kier alpha value is -3.41. The molecule has 26 heavy (non-hydrogen) atoms. The molecule has 0 fully saturated rings. The summed E-state index contributed by atoms with van der Waals surface area (Å²) in [6, 6.07) is 10.6. The number of rotatable bonds is 6. The largest absolute Gasteiger partial charge is 0.478 e. The molecule has 6 heteroatoms. The Labute approximate surface area is 150 Å². The molecule has 0 unspecified atom stereocenters. The molecule has 132 valence electrons. The van der Waals surface area contributed by atoms with Crippen LogP contribution in [-0.2, 0) is 9.59 Å². The fourth-order valence-electron chi connectivity index (χ4n) is 2.78. The monoisotopic (exact) mass is 349 g/mol. The Morgan fingerprint density at radius 1 is 1.23 bits per heavy atom. The molecule has 0 spiro atoms. The van der Waals surface area contributed by atoms with Crippen LogP contribution >= 0.6 is 0 Å². The number of carbonyl (C=O) groups excluding carboxylic acids is 1. The first kappa shape index (κ1) is 17.4. The Bertz CT molecular complexity index is 974. The number of hydrogen-bond donors (Lipinski definition) is 3. The van der Waals surface area contributed by atoms with E-state index >= 15 is 0 Å². The van der Waals surface area contributed by atoms with E-state index in [0.717, 1.165) is 6.42 Å². The van der Waals surface area contributed by atoms with Gasteiger partial charge in [0.05, 0.1) is 11.3 Å². The van der Waals surface area contributed by atoms with Crippen LogP contribution < -0.4 is 5.32 Å². The summed E-state index contributed by atoms with van der Waals surface area (Å²) in [6.45, 7) is 1.94. The van der Waals surface area contributed by atoms with Gasteiger partial charge in [0.15, 0.2) is 0 Å². The first-order valence-electron chi connectivity index (χ1n) is 8.36. The third-order valence-corrected chi connectivity index (χ3v) is 3.97. The average molecular weight is 349 g/mol. The normalized spacial score (nSPS) is 11.5. The maximum atomic E-state index is 12.0. The van der Waals surface area contributed by atoms with E-state index in [4.69, 9.17) is 0 Å². The van der Waals surface area contributed by atoms with Gasteiger partial charge in [0.1, 0.15) is 5.65 Å². The third-order valence-electron chi connectivity index (χ3n) is 3.97. The highest BCUT2D eigenvalue weighted by Gasteiger charge is 2.15. The topological polar surface area (TPSA) is 95.1 Å². The molecular weight excluding hydrogens is 330 g/mol. The molecule has 2 heterocycles. The van der Waals surface area contributed by atoms with Crippen molar-refractivity contribution in [2.24, 2.45) is 0 Å².